The number of aryl methyl sites for hydroxylation is 2. The van der Waals surface area contributed by atoms with Gasteiger partial charge < -0.3 is 15.6 Å². The quantitative estimate of drug-likeness (QED) is 0.764. The molecule has 0 fully saturated rings. The van der Waals surface area contributed by atoms with Crippen molar-refractivity contribution >= 4 is 0 Å². The number of aliphatic hydroxyl groups excluding tert-OH is 1. The zero-order valence-corrected chi connectivity index (χ0v) is 12.3. The minimum Gasteiger partial charge on any atom is -0.487 e. The third-order valence-electron chi connectivity index (χ3n) is 3.35. The third-order valence-corrected chi connectivity index (χ3v) is 3.35. The highest BCUT2D eigenvalue weighted by Crippen LogP contribution is 2.15. The van der Waals surface area contributed by atoms with E-state index in [-0.39, 0.29) is 6.61 Å². The van der Waals surface area contributed by atoms with E-state index in [1.165, 1.54) is 5.56 Å². The monoisotopic (exact) mass is 290 g/mol. The van der Waals surface area contributed by atoms with Crippen LogP contribution in [0.5, 0.6) is 5.75 Å². The summed E-state index contributed by atoms with van der Waals surface area (Å²) in [6, 6.07) is 8.03. The van der Waals surface area contributed by atoms with Crippen LogP contribution in [-0.2, 0) is 26.1 Å². The van der Waals surface area contributed by atoms with Crippen molar-refractivity contribution in [3.8, 4) is 5.75 Å². The first-order chi connectivity index (χ1) is 10.3. The molecule has 6 nitrogen and oxygen atoms in total. The second-order valence-corrected chi connectivity index (χ2v) is 4.77. The maximum atomic E-state index is 8.92. The van der Waals surface area contributed by atoms with E-state index < -0.39 is 0 Å². The molecular weight excluding hydrogens is 268 g/mol. The molecule has 0 saturated heterocycles. The molecule has 2 aromatic rings. The SMILES string of the molecule is CCc1ccc(OCc2c(CN)nnn2CCCO)cc1. The van der Waals surface area contributed by atoms with Gasteiger partial charge in [-0.05, 0) is 30.5 Å². The largest absolute Gasteiger partial charge is 0.487 e. The molecular formula is C15H22N4O2. The molecule has 2 rings (SSSR count). The number of rotatable bonds is 8. The van der Waals surface area contributed by atoms with Crippen molar-refractivity contribution in [2.24, 2.45) is 5.73 Å². The van der Waals surface area contributed by atoms with Crippen LogP contribution in [0.15, 0.2) is 24.3 Å². The highest BCUT2D eigenvalue weighted by atomic mass is 16.5. The first-order valence-corrected chi connectivity index (χ1v) is 7.22. The molecule has 0 aliphatic heterocycles. The van der Waals surface area contributed by atoms with Gasteiger partial charge in [0.1, 0.15) is 23.7 Å². The molecule has 114 valence electrons. The second kappa shape index (κ2) is 7.75. The summed E-state index contributed by atoms with van der Waals surface area (Å²) in [5.74, 6) is 0.810. The molecule has 0 atom stereocenters. The number of hydrogen-bond acceptors (Lipinski definition) is 5. The fourth-order valence-corrected chi connectivity index (χ4v) is 2.06. The maximum absolute atomic E-state index is 8.92. The second-order valence-electron chi connectivity index (χ2n) is 4.77. The van der Waals surface area contributed by atoms with Crippen LogP contribution in [0, 0.1) is 0 Å². The molecule has 0 spiro atoms. The number of benzene rings is 1. The van der Waals surface area contributed by atoms with Crippen molar-refractivity contribution in [1.82, 2.24) is 15.0 Å². The Kier molecular flexibility index (Phi) is 5.71. The summed E-state index contributed by atoms with van der Waals surface area (Å²) in [5, 5.41) is 17.0. The summed E-state index contributed by atoms with van der Waals surface area (Å²) in [6.45, 7) is 3.55. The average molecular weight is 290 g/mol. The van der Waals surface area contributed by atoms with Crippen LogP contribution >= 0.6 is 0 Å². The van der Waals surface area contributed by atoms with E-state index in [9.17, 15) is 0 Å². The van der Waals surface area contributed by atoms with Gasteiger partial charge in [-0.2, -0.15) is 0 Å². The zero-order valence-electron chi connectivity index (χ0n) is 12.3. The van der Waals surface area contributed by atoms with Crippen LogP contribution in [0.25, 0.3) is 0 Å². The number of hydrogen-bond donors (Lipinski definition) is 2. The summed E-state index contributed by atoms with van der Waals surface area (Å²) in [7, 11) is 0. The fourth-order valence-electron chi connectivity index (χ4n) is 2.06. The molecule has 21 heavy (non-hydrogen) atoms. The molecule has 0 saturated carbocycles. The maximum Gasteiger partial charge on any atom is 0.132 e. The van der Waals surface area contributed by atoms with Gasteiger partial charge >= 0.3 is 0 Å². The first kappa shape index (κ1) is 15.5. The molecule has 0 aliphatic carbocycles. The molecule has 3 N–H and O–H groups in total. The molecule has 1 aromatic heterocycles. The normalized spacial score (nSPS) is 10.8. The van der Waals surface area contributed by atoms with Crippen molar-refractivity contribution in [2.75, 3.05) is 6.61 Å². The zero-order chi connectivity index (χ0) is 15.1. The molecule has 0 radical (unpaired) electrons. The van der Waals surface area contributed by atoms with E-state index in [0.717, 1.165) is 23.6 Å². The lowest BCUT2D eigenvalue weighted by Gasteiger charge is -2.09. The van der Waals surface area contributed by atoms with Gasteiger partial charge in [-0.3, -0.25) is 0 Å². The Morgan fingerprint density at radius 2 is 2.05 bits per heavy atom. The standard InChI is InChI=1S/C15H22N4O2/c1-2-12-4-6-13(7-5-12)21-11-15-14(10-16)17-18-19(15)8-3-9-20/h4-7,20H,2-3,8-11,16H2,1H3. The van der Waals surface area contributed by atoms with Crippen molar-refractivity contribution in [3.05, 3.63) is 41.2 Å². The van der Waals surface area contributed by atoms with Crippen LogP contribution in [0.2, 0.25) is 0 Å². The van der Waals surface area contributed by atoms with Gasteiger partial charge in [0.05, 0.1) is 0 Å². The van der Waals surface area contributed by atoms with Crippen molar-refractivity contribution in [3.63, 3.8) is 0 Å². The fraction of sp³-hybridized carbons (Fsp3) is 0.467. The van der Waals surface area contributed by atoms with Crippen molar-refractivity contribution < 1.29 is 9.84 Å². The summed E-state index contributed by atoms with van der Waals surface area (Å²) in [5.41, 5.74) is 8.56. The van der Waals surface area contributed by atoms with Gasteiger partial charge in [0.15, 0.2) is 0 Å². The minimum atomic E-state index is 0.122. The van der Waals surface area contributed by atoms with Crippen LogP contribution in [0.3, 0.4) is 0 Å². The predicted molar refractivity (Wildman–Crippen MR) is 79.8 cm³/mol. The summed E-state index contributed by atoms with van der Waals surface area (Å²) >= 11 is 0. The Hall–Kier alpha value is -1.92. The first-order valence-electron chi connectivity index (χ1n) is 7.22. The lowest BCUT2D eigenvalue weighted by Crippen LogP contribution is -2.11. The van der Waals surface area contributed by atoms with Crippen LogP contribution in [-0.4, -0.2) is 26.7 Å². The number of aliphatic hydroxyl groups is 1. The van der Waals surface area contributed by atoms with Gasteiger partial charge in [0.25, 0.3) is 0 Å². The Morgan fingerprint density at radius 1 is 1.29 bits per heavy atom. The predicted octanol–water partition coefficient (Wildman–Crippen LogP) is 1.26. The van der Waals surface area contributed by atoms with Gasteiger partial charge in [-0.15, -0.1) is 5.10 Å². The van der Waals surface area contributed by atoms with Crippen LogP contribution in [0.4, 0.5) is 0 Å². The highest BCUT2D eigenvalue weighted by molar-refractivity contribution is 5.27. The van der Waals surface area contributed by atoms with Gasteiger partial charge in [-0.25, -0.2) is 4.68 Å². The van der Waals surface area contributed by atoms with Crippen LogP contribution in [0.1, 0.15) is 30.3 Å². The van der Waals surface area contributed by atoms with E-state index in [2.05, 4.69) is 29.4 Å². The average Bonchev–Trinajstić information content (AvgIpc) is 2.93. The molecule has 0 unspecified atom stereocenters. The number of nitrogens with two attached hydrogens (primary N) is 1. The van der Waals surface area contributed by atoms with Crippen molar-refractivity contribution in [1.29, 1.82) is 0 Å². The van der Waals surface area contributed by atoms with E-state index >= 15 is 0 Å². The number of ether oxygens (including phenoxy) is 1. The summed E-state index contributed by atoms with van der Waals surface area (Å²) in [6.07, 6.45) is 1.64. The van der Waals surface area contributed by atoms with Gasteiger partial charge in [0, 0.05) is 19.7 Å². The topological polar surface area (TPSA) is 86.2 Å². The van der Waals surface area contributed by atoms with Gasteiger partial charge in [-0.1, -0.05) is 24.3 Å². The summed E-state index contributed by atoms with van der Waals surface area (Å²) in [4.78, 5) is 0. The third kappa shape index (κ3) is 4.03. The van der Waals surface area contributed by atoms with Crippen molar-refractivity contribution in [2.45, 2.75) is 39.5 Å². The Morgan fingerprint density at radius 3 is 2.67 bits per heavy atom. The molecule has 1 heterocycles. The Balaban J connectivity index is 2.04. The van der Waals surface area contributed by atoms with E-state index in [0.29, 0.717) is 26.1 Å². The number of aromatic nitrogens is 3. The minimum absolute atomic E-state index is 0.122. The van der Waals surface area contributed by atoms with E-state index in [1.807, 2.05) is 12.1 Å². The molecule has 0 bridgehead atoms. The van der Waals surface area contributed by atoms with E-state index in [4.69, 9.17) is 15.6 Å². The van der Waals surface area contributed by atoms with Crippen LogP contribution < -0.4 is 10.5 Å². The molecule has 1 aromatic carbocycles. The molecule has 0 amide bonds. The highest BCUT2D eigenvalue weighted by Gasteiger charge is 2.12. The molecule has 0 aliphatic rings. The Bertz CT molecular complexity index is 551. The number of nitrogens with zero attached hydrogens (tertiary/aromatic N) is 3. The van der Waals surface area contributed by atoms with Gasteiger partial charge in [0.2, 0.25) is 0 Å². The lowest BCUT2D eigenvalue weighted by atomic mass is 10.2. The smallest absolute Gasteiger partial charge is 0.132 e. The molecule has 6 heteroatoms. The van der Waals surface area contributed by atoms with E-state index in [1.54, 1.807) is 4.68 Å². The lowest BCUT2D eigenvalue weighted by molar-refractivity contribution is 0.265. The Labute approximate surface area is 124 Å². The summed E-state index contributed by atoms with van der Waals surface area (Å²) < 4.78 is 7.54.